The van der Waals surface area contributed by atoms with E-state index in [0.717, 1.165) is 12.8 Å². The first-order valence-electron chi connectivity index (χ1n) is 8.91. The molecule has 0 saturated carbocycles. The average Bonchev–Trinajstić information content (AvgIpc) is 3.22. The molecular weight excluding hydrogens is 358 g/mol. The molecule has 0 bridgehead atoms. The SMILES string of the molecule is Cn1c(N)nc2c(ncn2[C@@H]2O[C@H](CO)[C@@H](O)[C@H]2OC2CCCCO2)c1=O. The molecule has 27 heavy (non-hydrogen) atoms. The standard InChI is InChI=1S/C16H23N5O6/c1-20-14(24)10-13(19-16(20)17)21(7-18-10)15-12(11(23)8(6-22)26-15)27-9-4-2-3-5-25-9/h7-9,11-12,15,22-23H,2-6H2,1H3,(H2,17,19)/t8-,9?,11-,12-,15-/m1/s1. The van der Waals surface area contributed by atoms with Gasteiger partial charge in [0.05, 0.1) is 12.9 Å². The van der Waals surface area contributed by atoms with Gasteiger partial charge < -0.3 is 30.2 Å². The van der Waals surface area contributed by atoms with E-state index in [-0.39, 0.29) is 29.3 Å². The number of aliphatic hydroxyl groups is 2. The van der Waals surface area contributed by atoms with E-state index in [9.17, 15) is 15.0 Å². The van der Waals surface area contributed by atoms with Crippen LogP contribution in [0, 0.1) is 0 Å². The average molecular weight is 381 g/mol. The Morgan fingerprint density at radius 1 is 1.44 bits per heavy atom. The van der Waals surface area contributed by atoms with Gasteiger partial charge in [0.25, 0.3) is 5.56 Å². The van der Waals surface area contributed by atoms with Crippen LogP contribution in [0.4, 0.5) is 5.95 Å². The van der Waals surface area contributed by atoms with Crippen molar-refractivity contribution in [2.24, 2.45) is 7.05 Å². The minimum Gasteiger partial charge on any atom is -0.394 e. The fraction of sp³-hybridized carbons (Fsp3) is 0.688. The molecule has 11 nitrogen and oxygen atoms in total. The summed E-state index contributed by atoms with van der Waals surface area (Å²) in [5, 5.41) is 20.1. The van der Waals surface area contributed by atoms with Gasteiger partial charge in [-0.15, -0.1) is 0 Å². The minimum absolute atomic E-state index is 0.0274. The maximum absolute atomic E-state index is 12.3. The topological polar surface area (TPSA) is 147 Å². The van der Waals surface area contributed by atoms with Gasteiger partial charge in [-0.3, -0.25) is 13.9 Å². The summed E-state index contributed by atoms with van der Waals surface area (Å²) in [5.41, 5.74) is 5.78. The largest absolute Gasteiger partial charge is 0.394 e. The maximum atomic E-state index is 12.3. The summed E-state index contributed by atoms with van der Waals surface area (Å²) in [7, 11) is 1.51. The van der Waals surface area contributed by atoms with E-state index < -0.39 is 30.8 Å². The molecule has 5 atom stereocenters. The number of nitrogens with zero attached hydrogens (tertiary/aromatic N) is 4. The zero-order chi connectivity index (χ0) is 19.1. The monoisotopic (exact) mass is 381 g/mol. The van der Waals surface area contributed by atoms with Gasteiger partial charge in [-0.25, -0.2) is 4.98 Å². The van der Waals surface area contributed by atoms with Crippen LogP contribution in [-0.2, 0) is 21.3 Å². The number of ether oxygens (including phenoxy) is 3. The first-order chi connectivity index (χ1) is 13.0. The second-order valence-corrected chi connectivity index (χ2v) is 6.79. The summed E-state index contributed by atoms with van der Waals surface area (Å²) in [4.78, 5) is 20.7. The number of hydrogen-bond acceptors (Lipinski definition) is 9. The van der Waals surface area contributed by atoms with Crippen molar-refractivity contribution in [3.63, 3.8) is 0 Å². The van der Waals surface area contributed by atoms with Crippen molar-refractivity contribution in [1.29, 1.82) is 0 Å². The Morgan fingerprint density at radius 2 is 2.26 bits per heavy atom. The van der Waals surface area contributed by atoms with Crippen molar-refractivity contribution in [3.8, 4) is 0 Å². The molecule has 2 saturated heterocycles. The van der Waals surface area contributed by atoms with Crippen LogP contribution in [0.5, 0.6) is 0 Å². The number of rotatable bonds is 4. The first kappa shape index (κ1) is 18.3. The summed E-state index contributed by atoms with van der Waals surface area (Å²) in [6, 6.07) is 0. The van der Waals surface area contributed by atoms with Crippen molar-refractivity contribution in [2.75, 3.05) is 18.9 Å². The van der Waals surface area contributed by atoms with Crippen molar-refractivity contribution >= 4 is 17.1 Å². The highest BCUT2D eigenvalue weighted by atomic mass is 16.7. The lowest BCUT2D eigenvalue weighted by Crippen LogP contribution is -2.39. The molecule has 4 N–H and O–H groups in total. The number of fused-ring (bicyclic) bond motifs is 1. The van der Waals surface area contributed by atoms with Crippen LogP contribution in [0.1, 0.15) is 25.5 Å². The minimum atomic E-state index is -1.08. The van der Waals surface area contributed by atoms with Crippen molar-refractivity contribution in [3.05, 3.63) is 16.7 Å². The van der Waals surface area contributed by atoms with E-state index >= 15 is 0 Å². The lowest BCUT2D eigenvalue weighted by Gasteiger charge is -2.29. The van der Waals surface area contributed by atoms with Crippen LogP contribution < -0.4 is 11.3 Å². The summed E-state index contributed by atoms with van der Waals surface area (Å²) in [6.07, 6.45) is -0.0276. The summed E-state index contributed by atoms with van der Waals surface area (Å²) in [5.74, 6) is 0.0274. The number of imidazole rings is 1. The van der Waals surface area contributed by atoms with E-state index in [1.54, 1.807) is 0 Å². The summed E-state index contributed by atoms with van der Waals surface area (Å²) in [6.45, 7) is 0.206. The highest BCUT2D eigenvalue weighted by molar-refractivity contribution is 5.71. The lowest BCUT2D eigenvalue weighted by molar-refractivity contribution is -0.215. The van der Waals surface area contributed by atoms with Crippen LogP contribution in [0.3, 0.4) is 0 Å². The predicted octanol–water partition coefficient (Wildman–Crippen LogP) is -1.13. The normalized spacial score (nSPS) is 31.6. The second-order valence-electron chi connectivity index (χ2n) is 6.79. The Kier molecular flexibility index (Phi) is 4.86. The van der Waals surface area contributed by atoms with Crippen molar-refractivity contribution in [2.45, 2.75) is 50.1 Å². The van der Waals surface area contributed by atoms with Crippen LogP contribution in [0.2, 0.25) is 0 Å². The molecule has 0 amide bonds. The Bertz CT molecular complexity index is 876. The molecule has 2 aliphatic heterocycles. The van der Waals surface area contributed by atoms with Crippen LogP contribution in [-0.4, -0.2) is 67.1 Å². The zero-order valence-electron chi connectivity index (χ0n) is 14.9. The number of aromatic nitrogens is 4. The predicted molar refractivity (Wildman–Crippen MR) is 92.6 cm³/mol. The van der Waals surface area contributed by atoms with Gasteiger partial charge in [0.2, 0.25) is 5.95 Å². The molecule has 4 rings (SSSR count). The molecule has 2 fully saturated rings. The summed E-state index contributed by atoms with van der Waals surface area (Å²) >= 11 is 0. The van der Waals surface area contributed by atoms with Gasteiger partial charge in [-0.05, 0) is 19.3 Å². The van der Waals surface area contributed by atoms with Gasteiger partial charge in [-0.1, -0.05) is 0 Å². The number of hydrogen-bond donors (Lipinski definition) is 3. The van der Waals surface area contributed by atoms with Gasteiger partial charge in [0.15, 0.2) is 23.7 Å². The van der Waals surface area contributed by atoms with E-state index in [1.807, 2.05) is 0 Å². The lowest BCUT2D eigenvalue weighted by atomic mass is 10.1. The third-order valence-electron chi connectivity index (χ3n) is 5.05. The number of aliphatic hydroxyl groups excluding tert-OH is 2. The Balaban J connectivity index is 1.71. The molecule has 148 valence electrons. The molecule has 2 aromatic rings. The fourth-order valence-electron chi connectivity index (χ4n) is 3.48. The third-order valence-corrected chi connectivity index (χ3v) is 5.05. The van der Waals surface area contributed by atoms with Crippen LogP contribution in [0.15, 0.2) is 11.1 Å². The molecule has 11 heteroatoms. The first-order valence-corrected chi connectivity index (χ1v) is 8.91. The number of nitrogen functional groups attached to an aromatic ring is 1. The highest BCUT2D eigenvalue weighted by Gasteiger charge is 2.47. The van der Waals surface area contributed by atoms with Crippen LogP contribution >= 0.6 is 0 Å². The fourth-order valence-corrected chi connectivity index (χ4v) is 3.48. The van der Waals surface area contributed by atoms with Crippen molar-refractivity contribution in [1.82, 2.24) is 19.1 Å². The molecule has 0 spiro atoms. The maximum Gasteiger partial charge on any atom is 0.282 e. The molecule has 0 aliphatic carbocycles. The van der Waals surface area contributed by atoms with Gasteiger partial charge >= 0.3 is 0 Å². The molecule has 0 aromatic carbocycles. The Labute approximate surface area is 154 Å². The molecule has 2 aliphatic rings. The van der Waals surface area contributed by atoms with E-state index in [4.69, 9.17) is 19.9 Å². The third kappa shape index (κ3) is 3.11. The second kappa shape index (κ2) is 7.17. The highest BCUT2D eigenvalue weighted by Crippen LogP contribution is 2.35. The molecule has 1 unspecified atom stereocenters. The smallest absolute Gasteiger partial charge is 0.282 e. The quantitative estimate of drug-likeness (QED) is 0.599. The van der Waals surface area contributed by atoms with Gasteiger partial charge in [-0.2, -0.15) is 4.98 Å². The van der Waals surface area contributed by atoms with E-state index in [1.165, 1.54) is 22.5 Å². The van der Waals surface area contributed by atoms with Crippen molar-refractivity contribution < 1.29 is 24.4 Å². The molecule has 0 radical (unpaired) electrons. The Morgan fingerprint density at radius 3 is 2.96 bits per heavy atom. The van der Waals surface area contributed by atoms with Gasteiger partial charge in [0, 0.05) is 13.7 Å². The Hall–Kier alpha value is -2.05. The molecule has 4 heterocycles. The number of nitrogens with two attached hydrogens (primary N) is 1. The molecular formula is C16H23N5O6. The van der Waals surface area contributed by atoms with Crippen LogP contribution in [0.25, 0.3) is 11.2 Å². The summed E-state index contributed by atoms with van der Waals surface area (Å²) < 4.78 is 20.1. The zero-order valence-corrected chi connectivity index (χ0v) is 14.9. The van der Waals surface area contributed by atoms with Gasteiger partial charge in [0.1, 0.15) is 18.3 Å². The van der Waals surface area contributed by atoms with E-state index in [2.05, 4.69) is 9.97 Å². The van der Waals surface area contributed by atoms with E-state index in [0.29, 0.717) is 13.0 Å². The molecule has 2 aromatic heterocycles. The number of anilines is 1.